The van der Waals surface area contributed by atoms with Crippen LogP contribution in [0.1, 0.15) is 12.1 Å². The van der Waals surface area contributed by atoms with Gasteiger partial charge in [-0.3, -0.25) is 9.69 Å². The lowest BCUT2D eigenvalue weighted by Gasteiger charge is -2.15. The van der Waals surface area contributed by atoms with Crippen molar-refractivity contribution in [1.82, 2.24) is 4.98 Å². The van der Waals surface area contributed by atoms with E-state index in [9.17, 15) is 4.79 Å². The number of pyridine rings is 1. The maximum Gasteiger partial charge on any atom is 0.228 e. The van der Waals surface area contributed by atoms with E-state index in [0.29, 0.717) is 24.5 Å². The highest BCUT2D eigenvalue weighted by Gasteiger charge is 2.29. The number of aliphatic hydroxyl groups excluding tert-OH is 1. The standard InChI is InChI=1S/C12H14N2O2/c1-2-9-6-12(16)14(7-9)11-5-3-4-10(8-15)13-11/h2-5,9,15H,1,6-8H2. The first-order valence-corrected chi connectivity index (χ1v) is 5.24. The second-order valence-corrected chi connectivity index (χ2v) is 3.85. The van der Waals surface area contributed by atoms with E-state index in [1.54, 1.807) is 29.2 Å². The Balaban J connectivity index is 2.23. The molecule has 0 saturated carbocycles. The smallest absolute Gasteiger partial charge is 0.228 e. The molecule has 1 N–H and O–H groups in total. The number of aromatic nitrogens is 1. The second-order valence-electron chi connectivity index (χ2n) is 3.85. The Morgan fingerprint density at radius 3 is 3.06 bits per heavy atom. The van der Waals surface area contributed by atoms with Crippen molar-refractivity contribution in [3.8, 4) is 0 Å². The van der Waals surface area contributed by atoms with Gasteiger partial charge in [0, 0.05) is 18.9 Å². The molecule has 1 amide bonds. The Morgan fingerprint density at radius 1 is 1.62 bits per heavy atom. The average molecular weight is 218 g/mol. The zero-order chi connectivity index (χ0) is 11.5. The molecule has 1 unspecified atom stereocenters. The molecule has 4 heteroatoms. The molecule has 1 aliphatic heterocycles. The van der Waals surface area contributed by atoms with Crippen LogP contribution in [0.4, 0.5) is 5.82 Å². The fourth-order valence-electron chi connectivity index (χ4n) is 1.82. The summed E-state index contributed by atoms with van der Waals surface area (Å²) >= 11 is 0. The molecule has 2 rings (SSSR count). The number of hydrogen-bond donors (Lipinski definition) is 1. The van der Waals surface area contributed by atoms with Gasteiger partial charge in [0.2, 0.25) is 5.91 Å². The van der Waals surface area contributed by atoms with Gasteiger partial charge in [-0.2, -0.15) is 0 Å². The van der Waals surface area contributed by atoms with Crippen LogP contribution in [-0.4, -0.2) is 22.5 Å². The molecule has 1 aromatic rings. The van der Waals surface area contributed by atoms with Crippen molar-refractivity contribution < 1.29 is 9.90 Å². The molecule has 2 heterocycles. The Morgan fingerprint density at radius 2 is 2.44 bits per heavy atom. The summed E-state index contributed by atoms with van der Waals surface area (Å²) in [5, 5.41) is 8.99. The van der Waals surface area contributed by atoms with Gasteiger partial charge in [0.05, 0.1) is 12.3 Å². The molecule has 0 bridgehead atoms. The third-order valence-electron chi connectivity index (χ3n) is 2.72. The van der Waals surface area contributed by atoms with Crippen LogP contribution in [0, 0.1) is 5.92 Å². The SMILES string of the molecule is C=CC1CC(=O)N(c2cccc(CO)n2)C1. The van der Waals surface area contributed by atoms with Gasteiger partial charge in [-0.05, 0) is 12.1 Å². The molecular formula is C12H14N2O2. The lowest BCUT2D eigenvalue weighted by Crippen LogP contribution is -2.25. The van der Waals surface area contributed by atoms with Gasteiger partial charge in [0.15, 0.2) is 0 Å². The summed E-state index contributed by atoms with van der Waals surface area (Å²) in [4.78, 5) is 17.6. The molecule has 0 aromatic carbocycles. The predicted octanol–water partition coefficient (Wildman–Crippen LogP) is 1.11. The van der Waals surface area contributed by atoms with Crippen LogP contribution in [0.25, 0.3) is 0 Å². The van der Waals surface area contributed by atoms with Gasteiger partial charge >= 0.3 is 0 Å². The highest BCUT2D eigenvalue weighted by Crippen LogP contribution is 2.23. The van der Waals surface area contributed by atoms with Crippen LogP contribution in [-0.2, 0) is 11.4 Å². The molecular weight excluding hydrogens is 204 g/mol. The first-order valence-electron chi connectivity index (χ1n) is 5.24. The van der Waals surface area contributed by atoms with Crippen molar-refractivity contribution in [2.24, 2.45) is 5.92 Å². The fraction of sp³-hybridized carbons (Fsp3) is 0.333. The highest BCUT2D eigenvalue weighted by molar-refractivity contribution is 5.95. The summed E-state index contributed by atoms with van der Waals surface area (Å²) in [5.74, 6) is 0.875. The Hall–Kier alpha value is -1.68. The van der Waals surface area contributed by atoms with Crippen LogP contribution in [0.15, 0.2) is 30.9 Å². The molecule has 0 spiro atoms. The van der Waals surface area contributed by atoms with Gasteiger partial charge in [0.25, 0.3) is 0 Å². The number of rotatable bonds is 3. The van der Waals surface area contributed by atoms with Crippen molar-refractivity contribution >= 4 is 11.7 Å². The van der Waals surface area contributed by atoms with Gasteiger partial charge in [-0.15, -0.1) is 6.58 Å². The van der Waals surface area contributed by atoms with E-state index in [4.69, 9.17) is 5.11 Å². The lowest BCUT2D eigenvalue weighted by molar-refractivity contribution is -0.117. The zero-order valence-electron chi connectivity index (χ0n) is 8.97. The van der Waals surface area contributed by atoms with E-state index in [2.05, 4.69) is 11.6 Å². The third-order valence-corrected chi connectivity index (χ3v) is 2.72. The minimum atomic E-state index is -0.110. The molecule has 4 nitrogen and oxygen atoms in total. The van der Waals surface area contributed by atoms with E-state index in [0.717, 1.165) is 0 Å². The van der Waals surface area contributed by atoms with Crippen molar-refractivity contribution in [2.45, 2.75) is 13.0 Å². The largest absolute Gasteiger partial charge is 0.390 e. The van der Waals surface area contributed by atoms with E-state index in [1.807, 2.05) is 0 Å². The van der Waals surface area contributed by atoms with Crippen LogP contribution in [0.2, 0.25) is 0 Å². The predicted molar refractivity (Wildman–Crippen MR) is 60.8 cm³/mol. The zero-order valence-corrected chi connectivity index (χ0v) is 8.97. The molecule has 1 saturated heterocycles. The molecule has 16 heavy (non-hydrogen) atoms. The van der Waals surface area contributed by atoms with E-state index >= 15 is 0 Å². The van der Waals surface area contributed by atoms with Crippen LogP contribution >= 0.6 is 0 Å². The van der Waals surface area contributed by atoms with E-state index < -0.39 is 0 Å². The number of hydrogen-bond acceptors (Lipinski definition) is 3. The summed E-state index contributed by atoms with van der Waals surface area (Å²) in [6.07, 6.45) is 2.29. The minimum Gasteiger partial charge on any atom is -0.390 e. The molecule has 1 aliphatic rings. The van der Waals surface area contributed by atoms with Crippen LogP contribution < -0.4 is 4.90 Å². The number of carbonyl (C=O) groups excluding carboxylic acids is 1. The van der Waals surface area contributed by atoms with Crippen molar-refractivity contribution in [3.63, 3.8) is 0 Å². The van der Waals surface area contributed by atoms with Gasteiger partial charge in [0.1, 0.15) is 5.82 Å². The molecule has 1 aromatic heterocycles. The van der Waals surface area contributed by atoms with Crippen molar-refractivity contribution in [1.29, 1.82) is 0 Å². The Labute approximate surface area is 94.2 Å². The summed E-state index contributed by atoms with van der Waals surface area (Å²) in [5.41, 5.74) is 0.576. The minimum absolute atomic E-state index is 0.0625. The maximum atomic E-state index is 11.7. The molecule has 0 aliphatic carbocycles. The normalized spacial score (nSPS) is 20.2. The quantitative estimate of drug-likeness (QED) is 0.773. The third kappa shape index (κ3) is 1.97. The maximum absolute atomic E-state index is 11.7. The number of carbonyl (C=O) groups is 1. The summed E-state index contributed by atoms with van der Waals surface area (Å²) < 4.78 is 0. The first-order chi connectivity index (χ1) is 7.74. The van der Waals surface area contributed by atoms with Crippen molar-refractivity contribution in [3.05, 3.63) is 36.5 Å². The number of anilines is 1. The van der Waals surface area contributed by atoms with Crippen LogP contribution in [0.3, 0.4) is 0 Å². The number of aliphatic hydroxyl groups is 1. The Kier molecular flexibility index (Phi) is 3.01. The monoisotopic (exact) mass is 218 g/mol. The average Bonchev–Trinajstić information content (AvgIpc) is 2.71. The summed E-state index contributed by atoms with van der Waals surface area (Å²) in [7, 11) is 0. The van der Waals surface area contributed by atoms with Crippen LogP contribution in [0.5, 0.6) is 0 Å². The topological polar surface area (TPSA) is 53.4 Å². The van der Waals surface area contributed by atoms with E-state index in [-0.39, 0.29) is 18.4 Å². The lowest BCUT2D eigenvalue weighted by atomic mass is 10.1. The fourth-order valence-corrected chi connectivity index (χ4v) is 1.82. The second kappa shape index (κ2) is 4.45. The van der Waals surface area contributed by atoms with E-state index in [1.165, 1.54) is 0 Å². The first kappa shape index (κ1) is 10.8. The molecule has 1 fully saturated rings. The summed E-state index contributed by atoms with van der Waals surface area (Å²) in [6, 6.07) is 5.31. The molecule has 84 valence electrons. The number of nitrogens with zero attached hydrogens (tertiary/aromatic N) is 2. The highest BCUT2D eigenvalue weighted by atomic mass is 16.3. The summed E-state index contributed by atoms with van der Waals surface area (Å²) in [6.45, 7) is 4.22. The number of amides is 1. The molecule has 0 radical (unpaired) electrons. The van der Waals surface area contributed by atoms with Gasteiger partial charge in [-0.1, -0.05) is 12.1 Å². The van der Waals surface area contributed by atoms with Crippen molar-refractivity contribution in [2.75, 3.05) is 11.4 Å². The molecule has 1 atom stereocenters. The van der Waals surface area contributed by atoms with Gasteiger partial charge in [-0.25, -0.2) is 4.98 Å². The van der Waals surface area contributed by atoms with Gasteiger partial charge < -0.3 is 5.11 Å². The Bertz CT molecular complexity index is 417.